The minimum Gasteiger partial charge on any atom is -0.472 e. The number of ether oxygens (including phenoxy) is 1. The van der Waals surface area contributed by atoms with E-state index in [1.165, 1.54) is 12.5 Å². The van der Waals surface area contributed by atoms with Crippen LogP contribution < -0.4 is 0 Å². The molecule has 102 valence electrons. The van der Waals surface area contributed by atoms with E-state index in [2.05, 4.69) is 4.98 Å². The fraction of sp³-hybridized carbons (Fsp3) is 0.200. The smallest absolute Gasteiger partial charge is 0.342 e. The number of benzene rings is 1. The third-order valence-electron chi connectivity index (χ3n) is 3.23. The van der Waals surface area contributed by atoms with Gasteiger partial charge in [0, 0.05) is 7.05 Å². The van der Waals surface area contributed by atoms with Crippen LogP contribution in [0.4, 0.5) is 0 Å². The number of imidazole rings is 1. The molecule has 0 aliphatic rings. The number of aryl methyl sites for hydroxylation is 1. The van der Waals surface area contributed by atoms with Gasteiger partial charge in [0.25, 0.3) is 0 Å². The van der Waals surface area contributed by atoms with Crippen LogP contribution in [0.2, 0.25) is 0 Å². The van der Waals surface area contributed by atoms with Crippen LogP contribution in [0.3, 0.4) is 0 Å². The van der Waals surface area contributed by atoms with Crippen LogP contribution in [0.5, 0.6) is 0 Å². The Labute approximate surface area is 115 Å². The molecule has 0 bridgehead atoms. The quantitative estimate of drug-likeness (QED) is 0.686. The van der Waals surface area contributed by atoms with Gasteiger partial charge >= 0.3 is 5.97 Å². The molecule has 0 aliphatic carbocycles. The molecule has 2 aromatic heterocycles. The molecule has 1 atom stereocenters. The summed E-state index contributed by atoms with van der Waals surface area (Å²) in [4.78, 5) is 16.4. The number of esters is 1. The minimum absolute atomic E-state index is 0.399. The number of aromatic nitrogens is 2. The molecule has 5 heteroatoms. The molecule has 1 aromatic carbocycles. The SMILES string of the molecule is C[C@H](OC(=O)c1ccoc1)c1nc2ccccc2n1C. The average Bonchev–Trinajstić information content (AvgIpc) is 3.07. The van der Waals surface area contributed by atoms with E-state index >= 15 is 0 Å². The average molecular weight is 270 g/mol. The van der Waals surface area contributed by atoms with E-state index in [0.29, 0.717) is 11.4 Å². The first-order valence-electron chi connectivity index (χ1n) is 6.31. The molecule has 0 aliphatic heterocycles. The van der Waals surface area contributed by atoms with E-state index in [0.717, 1.165) is 11.0 Å². The zero-order valence-corrected chi connectivity index (χ0v) is 11.2. The highest BCUT2D eigenvalue weighted by molar-refractivity contribution is 5.89. The number of hydrogen-bond donors (Lipinski definition) is 0. The van der Waals surface area contributed by atoms with Crippen molar-refractivity contribution in [3.05, 3.63) is 54.2 Å². The number of nitrogens with zero attached hydrogens (tertiary/aromatic N) is 2. The Bertz CT molecular complexity index is 744. The Balaban J connectivity index is 1.87. The van der Waals surface area contributed by atoms with E-state index in [-0.39, 0.29) is 0 Å². The van der Waals surface area contributed by atoms with Gasteiger partial charge in [0.1, 0.15) is 6.26 Å². The summed E-state index contributed by atoms with van der Waals surface area (Å²) in [5.41, 5.74) is 2.29. The molecule has 0 amide bonds. The minimum atomic E-state index is -0.435. The van der Waals surface area contributed by atoms with Crippen LogP contribution in [0.15, 0.2) is 47.3 Å². The van der Waals surface area contributed by atoms with Crippen molar-refractivity contribution in [2.75, 3.05) is 0 Å². The lowest BCUT2D eigenvalue weighted by Gasteiger charge is -2.12. The predicted octanol–water partition coefficient (Wildman–Crippen LogP) is 3.08. The lowest BCUT2D eigenvalue weighted by molar-refractivity contribution is 0.0314. The second-order valence-electron chi connectivity index (χ2n) is 4.58. The summed E-state index contributed by atoms with van der Waals surface area (Å²) < 4.78 is 12.2. The van der Waals surface area contributed by atoms with Crippen molar-refractivity contribution in [1.82, 2.24) is 9.55 Å². The summed E-state index contributed by atoms with van der Waals surface area (Å²) in [5.74, 6) is 0.293. The molecule has 0 fully saturated rings. The molecule has 20 heavy (non-hydrogen) atoms. The van der Waals surface area contributed by atoms with Crippen molar-refractivity contribution in [3.8, 4) is 0 Å². The summed E-state index contributed by atoms with van der Waals surface area (Å²) in [6.07, 6.45) is 2.37. The lowest BCUT2D eigenvalue weighted by Crippen LogP contribution is -2.12. The summed E-state index contributed by atoms with van der Waals surface area (Å²) >= 11 is 0. The number of carbonyl (C=O) groups is 1. The van der Waals surface area contributed by atoms with E-state index in [4.69, 9.17) is 9.15 Å². The van der Waals surface area contributed by atoms with Gasteiger partial charge in [0.2, 0.25) is 0 Å². The molecule has 0 unspecified atom stereocenters. The van der Waals surface area contributed by atoms with Crippen molar-refractivity contribution in [3.63, 3.8) is 0 Å². The Morgan fingerprint density at radius 3 is 2.85 bits per heavy atom. The van der Waals surface area contributed by atoms with Crippen LogP contribution in [0.25, 0.3) is 11.0 Å². The van der Waals surface area contributed by atoms with Gasteiger partial charge in [-0.15, -0.1) is 0 Å². The van der Waals surface area contributed by atoms with Crippen LogP contribution in [-0.2, 0) is 11.8 Å². The number of carbonyl (C=O) groups excluding carboxylic acids is 1. The zero-order valence-electron chi connectivity index (χ0n) is 11.2. The van der Waals surface area contributed by atoms with Crippen LogP contribution in [0, 0.1) is 0 Å². The van der Waals surface area contributed by atoms with E-state index in [9.17, 15) is 4.79 Å². The van der Waals surface area contributed by atoms with E-state index in [1.807, 2.05) is 35.9 Å². The fourth-order valence-electron chi connectivity index (χ4n) is 2.19. The van der Waals surface area contributed by atoms with Crippen molar-refractivity contribution in [2.24, 2.45) is 7.05 Å². The first kappa shape index (κ1) is 12.5. The summed E-state index contributed by atoms with van der Waals surface area (Å²) in [7, 11) is 1.91. The summed E-state index contributed by atoms with van der Waals surface area (Å²) in [5, 5.41) is 0. The summed E-state index contributed by atoms with van der Waals surface area (Å²) in [6, 6.07) is 9.38. The van der Waals surface area contributed by atoms with Gasteiger partial charge in [-0.1, -0.05) is 12.1 Å². The van der Waals surface area contributed by atoms with E-state index in [1.54, 1.807) is 13.0 Å². The number of furan rings is 1. The molecule has 0 saturated carbocycles. The van der Waals surface area contributed by atoms with Crippen molar-refractivity contribution in [2.45, 2.75) is 13.0 Å². The second kappa shape index (κ2) is 4.85. The highest BCUT2D eigenvalue weighted by Crippen LogP contribution is 2.22. The molecular formula is C15H14N2O3. The Morgan fingerprint density at radius 2 is 2.15 bits per heavy atom. The Morgan fingerprint density at radius 1 is 1.35 bits per heavy atom. The molecule has 0 N–H and O–H groups in total. The Hall–Kier alpha value is -2.56. The topological polar surface area (TPSA) is 57.3 Å². The predicted molar refractivity (Wildman–Crippen MR) is 73.3 cm³/mol. The van der Waals surface area contributed by atoms with Gasteiger partial charge in [-0.25, -0.2) is 9.78 Å². The monoisotopic (exact) mass is 270 g/mol. The standard InChI is InChI=1S/C15H14N2O3/c1-10(20-15(18)11-7-8-19-9-11)14-16-12-5-3-4-6-13(12)17(14)2/h3-10H,1-2H3/t10-/m0/s1. The zero-order chi connectivity index (χ0) is 14.1. The first-order chi connectivity index (χ1) is 9.66. The number of fused-ring (bicyclic) bond motifs is 1. The molecule has 3 aromatic rings. The molecule has 5 nitrogen and oxygen atoms in total. The molecule has 0 radical (unpaired) electrons. The number of rotatable bonds is 3. The third-order valence-corrected chi connectivity index (χ3v) is 3.23. The van der Waals surface area contributed by atoms with Crippen LogP contribution in [0.1, 0.15) is 29.2 Å². The van der Waals surface area contributed by atoms with Crippen molar-refractivity contribution < 1.29 is 13.9 Å². The third kappa shape index (κ3) is 2.07. The molecule has 3 rings (SSSR count). The number of para-hydroxylation sites is 2. The maximum absolute atomic E-state index is 11.9. The number of hydrogen-bond acceptors (Lipinski definition) is 4. The molecular weight excluding hydrogens is 256 g/mol. The summed E-state index contributed by atoms with van der Waals surface area (Å²) in [6.45, 7) is 1.80. The van der Waals surface area contributed by atoms with Gasteiger partial charge in [-0.3, -0.25) is 0 Å². The fourth-order valence-corrected chi connectivity index (χ4v) is 2.19. The maximum Gasteiger partial charge on any atom is 0.342 e. The molecule has 2 heterocycles. The van der Waals surface area contributed by atoms with Crippen molar-refractivity contribution >= 4 is 17.0 Å². The van der Waals surface area contributed by atoms with Crippen LogP contribution in [-0.4, -0.2) is 15.5 Å². The Kier molecular flexibility index (Phi) is 3.02. The molecule has 0 saturated heterocycles. The largest absolute Gasteiger partial charge is 0.472 e. The van der Waals surface area contributed by atoms with E-state index < -0.39 is 12.1 Å². The first-order valence-corrected chi connectivity index (χ1v) is 6.31. The highest BCUT2D eigenvalue weighted by Gasteiger charge is 2.19. The van der Waals surface area contributed by atoms with Gasteiger partial charge in [-0.2, -0.15) is 0 Å². The molecule has 0 spiro atoms. The van der Waals surface area contributed by atoms with Crippen molar-refractivity contribution in [1.29, 1.82) is 0 Å². The maximum atomic E-state index is 11.9. The second-order valence-corrected chi connectivity index (χ2v) is 4.58. The van der Waals surface area contributed by atoms with Gasteiger partial charge < -0.3 is 13.7 Å². The van der Waals surface area contributed by atoms with Crippen LogP contribution >= 0.6 is 0 Å². The normalized spacial score (nSPS) is 12.5. The lowest BCUT2D eigenvalue weighted by atomic mass is 10.3. The van der Waals surface area contributed by atoms with Gasteiger partial charge in [0.05, 0.1) is 22.9 Å². The van der Waals surface area contributed by atoms with Gasteiger partial charge in [-0.05, 0) is 25.1 Å². The highest BCUT2D eigenvalue weighted by atomic mass is 16.5. The van der Waals surface area contributed by atoms with Gasteiger partial charge in [0.15, 0.2) is 11.9 Å².